The summed E-state index contributed by atoms with van der Waals surface area (Å²) in [5, 5.41) is 19.8. The molecule has 0 amide bonds. The van der Waals surface area contributed by atoms with Crippen LogP contribution < -0.4 is 0 Å². The normalized spacial score (nSPS) is 11.6. The minimum atomic E-state index is -0.959. The van der Waals surface area contributed by atoms with Crippen LogP contribution in [0.2, 0.25) is 0 Å². The molecular weight excluding hydrogens is 597 g/mol. The number of fused-ring (bicyclic) bond motifs is 3. The van der Waals surface area contributed by atoms with Gasteiger partial charge in [0.15, 0.2) is 0 Å². The average Bonchev–Trinajstić information content (AvgIpc) is 3.44. The SMILES string of the molecule is O=C(O)c1ccccc1Sc1ccccc1-c1ccc2c(c1-c1ccccc1Sc1ccccc1C(=O)O)Cc1ccccc1-2. The minimum Gasteiger partial charge on any atom is -0.478 e. The molecule has 6 aromatic carbocycles. The first-order valence-electron chi connectivity index (χ1n) is 14.4. The van der Waals surface area contributed by atoms with Crippen LogP contribution in [0.1, 0.15) is 31.8 Å². The van der Waals surface area contributed by atoms with Crippen molar-refractivity contribution in [3.05, 3.63) is 156 Å². The molecule has 0 radical (unpaired) electrons. The predicted molar refractivity (Wildman–Crippen MR) is 181 cm³/mol. The third kappa shape index (κ3) is 5.43. The van der Waals surface area contributed by atoms with Crippen molar-refractivity contribution >= 4 is 35.5 Å². The maximum atomic E-state index is 12.1. The molecule has 218 valence electrons. The molecule has 0 heterocycles. The molecule has 0 saturated heterocycles. The Morgan fingerprint density at radius 3 is 1.49 bits per heavy atom. The predicted octanol–water partition coefficient (Wildman–Crippen LogP) is 10.3. The van der Waals surface area contributed by atoms with Crippen LogP contribution in [0.15, 0.2) is 153 Å². The van der Waals surface area contributed by atoms with Crippen molar-refractivity contribution in [3.63, 3.8) is 0 Å². The van der Waals surface area contributed by atoms with Crippen molar-refractivity contribution in [1.29, 1.82) is 0 Å². The highest BCUT2D eigenvalue weighted by Crippen LogP contribution is 2.50. The van der Waals surface area contributed by atoms with Gasteiger partial charge in [0.05, 0.1) is 11.1 Å². The number of carboxylic acids is 2. The van der Waals surface area contributed by atoms with E-state index < -0.39 is 11.9 Å². The monoisotopic (exact) mass is 622 g/mol. The molecule has 6 heteroatoms. The zero-order valence-electron chi connectivity index (χ0n) is 23.9. The number of carbonyl (C=O) groups is 2. The van der Waals surface area contributed by atoms with Gasteiger partial charge in [0.2, 0.25) is 0 Å². The standard InChI is InChI=1S/C39H26O4S2/c40-38(41)30-15-5-9-19-35(30)44-33-17-7-3-13-27(33)28-22-21-26-25-12-2-1-11-24(25)23-32(26)37(28)29-14-4-8-18-34(29)45-36-20-10-6-16-31(36)39(42)43/h1-22H,23H2,(H,40,41)(H,42,43). The summed E-state index contributed by atoms with van der Waals surface area (Å²) < 4.78 is 0. The Bertz CT molecular complexity index is 2120. The highest BCUT2D eigenvalue weighted by atomic mass is 32.2. The van der Waals surface area contributed by atoms with E-state index in [0.29, 0.717) is 9.79 Å². The largest absolute Gasteiger partial charge is 0.478 e. The van der Waals surface area contributed by atoms with Crippen LogP contribution in [0.3, 0.4) is 0 Å². The van der Waals surface area contributed by atoms with Gasteiger partial charge in [-0.1, -0.05) is 121 Å². The highest BCUT2D eigenvalue weighted by molar-refractivity contribution is 7.99. The second-order valence-corrected chi connectivity index (χ2v) is 12.8. The molecule has 1 aliphatic carbocycles. The van der Waals surface area contributed by atoms with Gasteiger partial charge in [-0.2, -0.15) is 0 Å². The van der Waals surface area contributed by atoms with Crippen LogP contribution in [-0.2, 0) is 6.42 Å². The first-order valence-corrected chi connectivity index (χ1v) is 16.1. The van der Waals surface area contributed by atoms with E-state index >= 15 is 0 Å². The van der Waals surface area contributed by atoms with Gasteiger partial charge in [-0.05, 0) is 87.3 Å². The second kappa shape index (κ2) is 12.2. The van der Waals surface area contributed by atoms with Gasteiger partial charge in [-0.25, -0.2) is 9.59 Å². The van der Waals surface area contributed by atoms with Crippen molar-refractivity contribution in [2.45, 2.75) is 26.0 Å². The summed E-state index contributed by atoms with van der Waals surface area (Å²) in [6.45, 7) is 0. The van der Waals surface area contributed by atoms with Crippen LogP contribution >= 0.6 is 23.5 Å². The number of benzene rings is 6. The summed E-state index contributed by atoms with van der Waals surface area (Å²) in [7, 11) is 0. The quantitative estimate of drug-likeness (QED) is 0.176. The molecule has 0 spiro atoms. The van der Waals surface area contributed by atoms with Crippen molar-refractivity contribution in [1.82, 2.24) is 0 Å². The molecule has 0 atom stereocenters. The first-order chi connectivity index (χ1) is 22.0. The van der Waals surface area contributed by atoms with Crippen molar-refractivity contribution in [2.24, 2.45) is 0 Å². The summed E-state index contributed by atoms with van der Waals surface area (Å²) in [5.74, 6) is -1.92. The number of carboxylic acid groups (broad SMARTS) is 2. The summed E-state index contributed by atoms with van der Waals surface area (Å²) >= 11 is 2.91. The van der Waals surface area contributed by atoms with Gasteiger partial charge in [-0.15, -0.1) is 0 Å². The molecule has 7 rings (SSSR count). The molecule has 0 bridgehead atoms. The van der Waals surface area contributed by atoms with E-state index in [0.717, 1.165) is 38.5 Å². The highest BCUT2D eigenvalue weighted by Gasteiger charge is 2.27. The molecule has 4 nitrogen and oxygen atoms in total. The van der Waals surface area contributed by atoms with E-state index in [9.17, 15) is 19.8 Å². The number of aromatic carboxylic acids is 2. The van der Waals surface area contributed by atoms with Gasteiger partial charge >= 0.3 is 11.9 Å². The Hall–Kier alpha value is -5.04. The second-order valence-electron chi connectivity index (χ2n) is 10.6. The van der Waals surface area contributed by atoms with Gasteiger partial charge in [0, 0.05) is 19.6 Å². The summed E-state index contributed by atoms with van der Waals surface area (Å²) in [5.41, 5.74) is 9.59. The van der Waals surface area contributed by atoms with Crippen molar-refractivity contribution < 1.29 is 19.8 Å². The summed E-state index contributed by atoms with van der Waals surface area (Å²) in [4.78, 5) is 27.4. The molecule has 0 aliphatic heterocycles. The molecule has 1 aliphatic rings. The smallest absolute Gasteiger partial charge is 0.336 e. The molecule has 0 aromatic heterocycles. The molecule has 2 N–H and O–H groups in total. The zero-order chi connectivity index (χ0) is 30.9. The van der Waals surface area contributed by atoms with Crippen molar-refractivity contribution in [3.8, 4) is 33.4 Å². The fraction of sp³-hybridized carbons (Fsp3) is 0.0256. The summed E-state index contributed by atoms with van der Waals surface area (Å²) in [6.07, 6.45) is 0.774. The Morgan fingerprint density at radius 2 is 0.889 bits per heavy atom. The maximum Gasteiger partial charge on any atom is 0.336 e. The van der Waals surface area contributed by atoms with Crippen LogP contribution in [0.4, 0.5) is 0 Å². The van der Waals surface area contributed by atoms with E-state index in [-0.39, 0.29) is 11.1 Å². The van der Waals surface area contributed by atoms with E-state index in [2.05, 4.69) is 48.5 Å². The Balaban J connectivity index is 1.44. The summed E-state index contributed by atoms with van der Waals surface area (Å²) in [6, 6.07) is 43.3. The first kappa shape index (κ1) is 28.7. The third-order valence-electron chi connectivity index (χ3n) is 8.00. The van der Waals surface area contributed by atoms with Crippen LogP contribution in [0, 0.1) is 0 Å². The number of hydrogen-bond acceptors (Lipinski definition) is 4. The van der Waals surface area contributed by atoms with Crippen molar-refractivity contribution in [2.75, 3.05) is 0 Å². The fourth-order valence-electron chi connectivity index (χ4n) is 5.99. The lowest BCUT2D eigenvalue weighted by molar-refractivity contribution is 0.0682. The maximum absolute atomic E-state index is 12.1. The van der Waals surface area contributed by atoms with Crippen LogP contribution in [0.5, 0.6) is 0 Å². The van der Waals surface area contributed by atoms with E-state index in [1.54, 1.807) is 24.3 Å². The van der Waals surface area contributed by atoms with E-state index in [4.69, 9.17) is 0 Å². The lowest BCUT2D eigenvalue weighted by Crippen LogP contribution is -1.99. The van der Waals surface area contributed by atoms with E-state index in [1.165, 1.54) is 45.8 Å². The Kier molecular flexibility index (Phi) is 7.76. The molecule has 0 unspecified atom stereocenters. The molecular formula is C39H26O4S2. The van der Waals surface area contributed by atoms with Gasteiger partial charge in [0.1, 0.15) is 0 Å². The molecule has 0 saturated carbocycles. The van der Waals surface area contributed by atoms with E-state index in [1.807, 2.05) is 60.7 Å². The molecule has 6 aromatic rings. The van der Waals surface area contributed by atoms with Crippen LogP contribution in [0.25, 0.3) is 33.4 Å². The van der Waals surface area contributed by atoms with Gasteiger partial charge < -0.3 is 10.2 Å². The minimum absolute atomic E-state index is 0.265. The lowest BCUT2D eigenvalue weighted by atomic mass is 9.88. The third-order valence-corrected chi connectivity index (χ3v) is 10.3. The Labute approximate surface area is 269 Å². The molecule has 0 fully saturated rings. The van der Waals surface area contributed by atoms with Gasteiger partial charge in [-0.3, -0.25) is 0 Å². The van der Waals surface area contributed by atoms with Crippen LogP contribution in [-0.4, -0.2) is 22.2 Å². The number of hydrogen-bond donors (Lipinski definition) is 2. The average molecular weight is 623 g/mol. The zero-order valence-corrected chi connectivity index (χ0v) is 25.6. The molecule has 45 heavy (non-hydrogen) atoms. The fourth-order valence-corrected chi connectivity index (χ4v) is 8.14. The lowest BCUT2D eigenvalue weighted by Gasteiger charge is -2.20. The Morgan fingerprint density at radius 1 is 0.444 bits per heavy atom. The number of rotatable bonds is 8. The van der Waals surface area contributed by atoms with Gasteiger partial charge in [0.25, 0.3) is 0 Å². The topological polar surface area (TPSA) is 74.6 Å².